The highest BCUT2D eigenvalue weighted by Gasteiger charge is 2.31. The molecule has 0 N–H and O–H groups in total. The molecule has 0 radical (unpaired) electrons. The quantitative estimate of drug-likeness (QED) is 0.0229. The standard InChI is InChI=1S/C38H64I2O7Si2/c1-25(17-29(5)35(46-48(11,12)13)31(7)19-27(3)23-39)21-33(43-9)37(41)45-38(42)34(44-10)22-26(2)18-30(6)36(47-49(14,15)16)32(8)20-28(4)24-40/h17-18,21-24,29-32,35-36H,19-20H2,1-16H3/b25-17+,26-18+,27-23+,28-24+,33-21-,34-22-/t29-,30-,31+,32+,35-,36-/m1/s1. The van der Waals surface area contributed by atoms with Crippen LogP contribution in [0.1, 0.15) is 68.2 Å². The summed E-state index contributed by atoms with van der Waals surface area (Å²) in [7, 11) is -0.895. The summed E-state index contributed by atoms with van der Waals surface area (Å²) in [5.74, 6) is -1.21. The fourth-order valence-corrected chi connectivity index (χ4v) is 8.79. The lowest BCUT2D eigenvalue weighted by Gasteiger charge is -2.34. The fraction of sp³-hybridized carbons (Fsp3) is 0.632. The summed E-state index contributed by atoms with van der Waals surface area (Å²) in [6.45, 7) is 29.9. The Morgan fingerprint density at radius 3 is 1.16 bits per heavy atom. The van der Waals surface area contributed by atoms with Gasteiger partial charge < -0.3 is 23.1 Å². The Morgan fingerprint density at radius 2 is 0.918 bits per heavy atom. The number of carbonyl (C=O) groups is 2. The molecule has 0 heterocycles. The van der Waals surface area contributed by atoms with Crippen LogP contribution in [0.25, 0.3) is 0 Å². The van der Waals surface area contributed by atoms with Gasteiger partial charge >= 0.3 is 11.9 Å². The minimum Gasteiger partial charge on any atom is -0.490 e. The van der Waals surface area contributed by atoms with Gasteiger partial charge in [0, 0.05) is 0 Å². The third-order valence-corrected chi connectivity index (χ3v) is 11.7. The molecule has 6 atom stereocenters. The summed E-state index contributed by atoms with van der Waals surface area (Å²) in [4.78, 5) is 26.2. The van der Waals surface area contributed by atoms with Crippen LogP contribution < -0.4 is 0 Å². The summed E-state index contributed by atoms with van der Waals surface area (Å²) in [5.41, 5.74) is 4.23. The first-order valence-electron chi connectivity index (χ1n) is 17.0. The Balaban J connectivity index is 6.09. The minimum absolute atomic E-state index is 0.00631. The first kappa shape index (κ1) is 48.0. The van der Waals surface area contributed by atoms with E-state index in [1.807, 2.05) is 13.8 Å². The maximum Gasteiger partial charge on any atom is 0.381 e. The number of carbonyl (C=O) groups excluding carboxylic acids is 2. The van der Waals surface area contributed by atoms with Gasteiger partial charge in [-0.25, -0.2) is 9.59 Å². The van der Waals surface area contributed by atoms with Gasteiger partial charge in [0.2, 0.25) is 11.5 Å². The van der Waals surface area contributed by atoms with Gasteiger partial charge in [0.25, 0.3) is 0 Å². The van der Waals surface area contributed by atoms with Gasteiger partial charge in [-0.2, -0.15) is 0 Å². The van der Waals surface area contributed by atoms with E-state index in [0.29, 0.717) is 11.8 Å². The van der Waals surface area contributed by atoms with Gasteiger partial charge in [0.05, 0.1) is 26.4 Å². The third kappa shape index (κ3) is 20.0. The summed E-state index contributed by atoms with van der Waals surface area (Å²) >= 11 is 4.56. The highest BCUT2D eigenvalue weighted by molar-refractivity contribution is 14.1. The van der Waals surface area contributed by atoms with Crippen LogP contribution in [-0.2, 0) is 32.7 Å². The molecular formula is C38H64I2O7Si2. The highest BCUT2D eigenvalue weighted by Crippen LogP contribution is 2.30. The maximum atomic E-state index is 13.1. The van der Waals surface area contributed by atoms with Crippen molar-refractivity contribution in [3.8, 4) is 0 Å². The van der Waals surface area contributed by atoms with Crippen LogP contribution in [0.5, 0.6) is 0 Å². The molecule has 0 aliphatic carbocycles. The molecule has 0 bridgehead atoms. The van der Waals surface area contributed by atoms with Crippen LogP contribution in [0.2, 0.25) is 39.3 Å². The molecule has 0 aromatic heterocycles. The van der Waals surface area contributed by atoms with Gasteiger partial charge in [-0.05, 0) is 124 Å². The van der Waals surface area contributed by atoms with Crippen LogP contribution >= 0.6 is 45.2 Å². The lowest BCUT2D eigenvalue weighted by molar-refractivity contribution is -0.158. The van der Waals surface area contributed by atoms with E-state index in [-0.39, 0.29) is 35.6 Å². The molecule has 0 aromatic carbocycles. The molecule has 0 saturated heterocycles. The second-order valence-electron chi connectivity index (χ2n) is 15.3. The number of hydrogen-bond donors (Lipinski definition) is 0. The van der Waals surface area contributed by atoms with Crippen molar-refractivity contribution in [1.82, 2.24) is 0 Å². The van der Waals surface area contributed by atoms with Gasteiger partial charge in [-0.15, -0.1) is 0 Å². The average Bonchev–Trinajstić information content (AvgIpc) is 2.98. The van der Waals surface area contributed by atoms with E-state index >= 15 is 0 Å². The predicted molar refractivity (Wildman–Crippen MR) is 227 cm³/mol. The van der Waals surface area contributed by atoms with Crippen molar-refractivity contribution >= 4 is 73.8 Å². The Morgan fingerprint density at radius 1 is 0.612 bits per heavy atom. The van der Waals surface area contributed by atoms with Crippen LogP contribution in [0.15, 0.2) is 66.3 Å². The first-order valence-corrected chi connectivity index (χ1v) is 26.3. The van der Waals surface area contributed by atoms with Gasteiger partial charge in [-0.3, -0.25) is 0 Å². The zero-order valence-corrected chi connectivity index (χ0v) is 39.3. The second kappa shape index (κ2) is 22.8. The maximum absolute atomic E-state index is 13.1. The Hall–Kier alpha value is -1.01. The Labute approximate surface area is 328 Å². The number of halogens is 2. The molecule has 49 heavy (non-hydrogen) atoms. The van der Waals surface area contributed by atoms with Crippen LogP contribution in [0.4, 0.5) is 0 Å². The number of hydrogen-bond acceptors (Lipinski definition) is 7. The lowest BCUT2D eigenvalue weighted by Crippen LogP contribution is -2.39. The first-order chi connectivity index (χ1) is 22.5. The molecule has 0 rings (SSSR count). The predicted octanol–water partition coefficient (Wildman–Crippen LogP) is 11.5. The van der Waals surface area contributed by atoms with E-state index in [1.165, 1.54) is 25.4 Å². The number of methoxy groups -OCH3 is 2. The molecule has 0 spiro atoms. The molecule has 7 nitrogen and oxygen atoms in total. The van der Waals surface area contributed by atoms with Crippen molar-refractivity contribution in [2.45, 2.75) is 120 Å². The van der Waals surface area contributed by atoms with E-state index in [2.05, 4.69) is 146 Å². The molecule has 0 amide bonds. The zero-order chi connectivity index (χ0) is 38.3. The summed E-state index contributed by atoms with van der Waals surface area (Å²) in [6, 6.07) is 0. The smallest absolute Gasteiger partial charge is 0.381 e. The van der Waals surface area contributed by atoms with E-state index in [0.717, 1.165) is 24.0 Å². The minimum atomic E-state index is -1.83. The number of rotatable bonds is 20. The zero-order valence-electron chi connectivity index (χ0n) is 33.0. The van der Waals surface area contributed by atoms with E-state index in [1.54, 1.807) is 12.2 Å². The number of esters is 2. The van der Waals surface area contributed by atoms with E-state index in [4.69, 9.17) is 23.1 Å². The topological polar surface area (TPSA) is 80.3 Å². The average molecular weight is 943 g/mol. The normalized spacial score (nSPS) is 18.3. The van der Waals surface area contributed by atoms with Gasteiger partial charge in [0.1, 0.15) is 0 Å². The van der Waals surface area contributed by atoms with Crippen molar-refractivity contribution in [3.63, 3.8) is 0 Å². The molecule has 0 aliphatic heterocycles. The third-order valence-electron chi connectivity index (χ3n) is 7.59. The molecule has 0 unspecified atom stereocenters. The van der Waals surface area contributed by atoms with Crippen molar-refractivity contribution in [2.24, 2.45) is 23.7 Å². The van der Waals surface area contributed by atoms with Crippen molar-refractivity contribution < 1.29 is 32.7 Å². The number of allylic oxidation sites excluding steroid dienone is 6. The summed E-state index contributed by atoms with van der Waals surface area (Å²) < 4.78 is 33.5. The molecule has 0 fully saturated rings. The summed E-state index contributed by atoms with van der Waals surface area (Å²) in [6.07, 6.45) is 9.23. The van der Waals surface area contributed by atoms with Crippen molar-refractivity contribution in [2.75, 3.05) is 14.2 Å². The largest absolute Gasteiger partial charge is 0.490 e. The number of ether oxygens (including phenoxy) is 3. The van der Waals surface area contributed by atoms with E-state index < -0.39 is 28.6 Å². The lowest BCUT2D eigenvalue weighted by atomic mass is 9.88. The van der Waals surface area contributed by atoms with E-state index in [9.17, 15) is 9.59 Å². The monoisotopic (exact) mass is 942 g/mol. The van der Waals surface area contributed by atoms with Gasteiger partial charge in [-0.1, -0.05) is 107 Å². The second-order valence-corrected chi connectivity index (χ2v) is 25.5. The van der Waals surface area contributed by atoms with Gasteiger partial charge in [0.15, 0.2) is 16.6 Å². The Bertz CT molecular complexity index is 1170. The van der Waals surface area contributed by atoms with Crippen LogP contribution in [0.3, 0.4) is 0 Å². The van der Waals surface area contributed by atoms with Crippen LogP contribution in [0, 0.1) is 23.7 Å². The molecule has 280 valence electrons. The molecule has 0 saturated carbocycles. The SMILES string of the molecule is CO/C(=C\C(C)=C\[C@@H](C)[C@@H](O[Si](C)(C)C)[C@@H](C)C/C(C)=C/I)C(=O)OC(=O)/C(=C/C(C)=C/[C@@H](C)[C@@H](O[Si](C)(C)C)[C@@H](C)C/C(C)=C/I)OC. The van der Waals surface area contributed by atoms with Crippen LogP contribution in [-0.4, -0.2) is 55.0 Å². The van der Waals surface area contributed by atoms with Crippen molar-refractivity contribution in [3.05, 3.63) is 66.3 Å². The highest BCUT2D eigenvalue weighted by atomic mass is 127. The van der Waals surface area contributed by atoms with Crippen molar-refractivity contribution in [1.29, 1.82) is 0 Å². The molecular weight excluding hydrogens is 878 g/mol. The Kier molecular flexibility index (Phi) is 22.4. The fourth-order valence-electron chi connectivity index (χ4n) is 5.75. The molecule has 11 heteroatoms. The molecule has 0 aliphatic rings. The summed E-state index contributed by atoms with van der Waals surface area (Å²) in [5, 5.41) is 0. The molecule has 0 aromatic rings.